The molecule has 6 nitrogen and oxygen atoms in total. The number of hydrazine groups is 1. The molecule has 9 heteroatoms. The Morgan fingerprint density at radius 2 is 1.89 bits per heavy atom. The van der Waals surface area contributed by atoms with Crippen LogP contribution in [0.15, 0.2) is 35.2 Å². The SMILES string of the molecule is CCCC/C1=C(/O)C(=O)/C(Cc2ccc(F)c(F)c2F)=C\NNCN(C)C1=O. The summed E-state index contributed by atoms with van der Waals surface area (Å²) in [6, 6.07) is 1.78. The van der Waals surface area contributed by atoms with Crippen molar-refractivity contribution in [1.29, 1.82) is 0 Å². The third-order valence-electron chi connectivity index (χ3n) is 4.34. The van der Waals surface area contributed by atoms with E-state index in [4.69, 9.17) is 0 Å². The molecule has 2 rings (SSSR count). The van der Waals surface area contributed by atoms with Crippen LogP contribution in [0, 0.1) is 17.5 Å². The zero-order chi connectivity index (χ0) is 20.8. The lowest BCUT2D eigenvalue weighted by Gasteiger charge is -2.22. The van der Waals surface area contributed by atoms with Gasteiger partial charge in [-0.25, -0.2) is 18.6 Å². The van der Waals surface area contributed by atoms with Gasteiger partial charge in [0, 0.05) is 25.2 Å². The van der Waals surface area contributed by atoms with E-state index in [-0.39, 0.29) is 29.8 Å². The van der Waals surface area contributed by atoms with Crippen molar-refractivity contribution >= 4 is 11.7 Å². The van der Waals surface area contributed by atoms with Gasteiger partial charge in [0.1, 0.15) is 0 Å². The maximum Gasteiger partial charge on any atom is 0.254 e. The van der Waals surface area contributed by atoms with Crippen molar-refractivity contribution in [2.75, 3.05) is 13.7 Å². The fourth-order valence-electron chi connectivity index (χ4n) is 2.68. The zero-order valence-electron chi connectivity index (χ0n) is 15.6. The molecule has 1 aliphatic heterocycles. The minimum absolute atomic E-state index is 0.0466. The van der Waals surface area contributed by atoms with E-state index in [1.165, 1.54) is 18.1 Å². The van der Waals surface area contributed by atoms with E-state index in [0.717, 1.165) is 18.6 Å². The largest absolute Gasteiger partial charge is 0.504 e. The van der Waals surface area contributed by atoms with Crippen LogP contribution in [0.5, 0.6) is 0 Å². The van der Waals surface area contributed by atoms with Crippen molar-refractivity contribution in [1.82, 2.24) is 15.8 Å². The second-order valence-corrected chi connectivity index (χ2v) is 6.42. The van der Waals surface area contributed by atoms with Gasteiger partial charge >= 0.3 is 0 Å². The number of likely N-dealkylation sites (N-methyl/N-ethyl adjacent to an activating group) is 1. The summed E-state index contributed by atoms with van der Waals surface area (Å²) in [4.78, 5) is 26.6. The Labute approximate surface area is 160 Å². The lowest BCUT2D eigenvalue weighted by atomic mass is 9.96. The van der Waals surface area contributed by atoms with Crippen LogP contribution in [0.2, 0.25) is 0 Å². The Hall–Kier alpha value is -2.81. The summed E-state index contributed by atoms with van der Waals surface area (Å²) in [5.74, 6) is -6.54. The number of hydrogen-bond donors (Lipinski definition) is 3. The zero-order valence-corrected chi connectivity index (χ0v) is 15.6. The number of ketones is 1. The Kier molecular flexibility index (Phi) is 7.22. The van der Waals surface area contributed by atoms with E-state index in [2.05, 4.69) is 10.9 Å². The second-order valence-electron chi connectivity index (χ2n) is 6.42. The average Bonchev–Trinajstić information content (AvgIpc) is 2.68. The molecule has 0 saturated carbocycles. The highest BCUT2D eigenvalue weighted by Gasteiger charge is 2.27. The highest BCUT2D eigenvalue weighted by atomic mass is 19.2. The van der Waals surface area contributed by atoms with Gasteiger partial charge in [0.15, 0.2) is 23.2 Å². The third kappa shape index (κ3) is 4.72. The minimum atomic E-state index is -1.64. The maximum atomic E-state index is 14.0. The van der Waals surface area contributed by atoms with Gasteiger partial charge in [0.25, 0.3) is 5.91 Å². The van der Waals surface area contributed by atoms with Gasteiger partial charge in [-0.1, -0.05) is 19.4 Å². The summed E-state index contributed by atoms with van der Waals surface area (Å²) < 4.78 is 40.6. The lowest BCUT2D eigenvalue weighted by molar-refractivity contribution is -0.127. The van der Waals surface area contributed by atoms with Gasteiger partial charge < -0.3 is 15.4 Å². The lowest BCUT2D eigenvalue weighted by Crippen LogP contribution is -2.42. The van der Waals surface area contributed by atoms with E-state index in [0.29, 0.717) is 6.42 Å². The number of nitrogens with one attached hydrogen (secondary N) is 2. The van der Waals surface area contributed by atoms with Crippen LogP contribution in [0.4, 0.5) is 13.2 Å². The van der Waals surface area contributed by atoms with E-state index in [1.807, 2.05) is 6.92 Å². The Morgan fingerprint density at radius 3 is 2.57 bits per heavy atom. The number of Topliss-reactive ketones (excluding diaryl/α,β-unsaturated/α-hetero) is 1. The first kappa shape index (κ1) is 21.5. The molecular weight excluding hydrogens is 375 g/mol. The first-order chi connectivity index (χ1) is 13.3. The molecule has 0 radical (unpaired) electrons. The van der Waals surface area contributed by atoms with Gasteiger partial charge in [0.05, 0.1) is 12.2 Å². The number of halogens is 3. The van der Waals surface area contributed by atoms with Crippen LogP contribution in [-0.4, -0.2) is 35.4 Å². The summed E-state index contributed by atoms with van der Waals surface area (Å²) in [5.41, 5.74) is 4.84. The van der Waals surface area contributed by atoms with Gasteiger partial charge in [-0.15, -0.1) is 0 Å². The molecule has 1 amide bonds. The number of aliphatic hydroxyl groups is 1. The number of nitrogens with zero attached hydrogens (tertiary/aromatic N) is 1. The summed E-state index contributed by atoms with van der Waals surface area (Å²) >= 11 is 0. The monoisotopic (exact) mass is 397 g/mol. The molecule has 0 atom stereocenters. The quantitative estimate of drug-likeness (QED) is 0.666. The van der Waals surface area contributed by atoms with E-state index >= 15 is 0 Å². The minimum Gasteiger partial charge on any atom is -0.504 e. The number of hydrogen-bond acceptors (Lipinski definition) is 5. The first-order valence-corrected chi connectivity index (χ1v) is 8.80. The van der Waals surface area contributed by atoms with Crippen LogP contribution >= 0.6 is 0 Å². The molecule has 0 unspecified atom stereocenters. The maximum absolute atomic E-state index is 14.0. The summed E-state index contributed by atoms with van der Waals surface area (Å²) in [5, 5.41) is 10.5. The molecular formula is C19H22F3N3O3. The van der Waals surface area contributed by atoms with Crippen LogP contribution in [0.3, 0.4) is 0 Å². The number of benzene rings is 1. The summed E-state index contributed by atoms with van der Waals surface area (Å²) in [6.45, 7) is 1.97. The number of aliphatic hydroxyl groups excluding tert-OH is 1. The average molecular weight is 397 g/mol. The number of carbonyl (C=O) groups excluding carboxylic acids is 2. The van der Waals surface area contributed by atoms with Crippen LogP contribution in [0.25, 0.3) is 0 Å². The van der Waals surface area contributed by atoms with E-state index in [9.17, 15) is 27.9 Å². The molecule has 0 aromatic heterocycles. The van der Waals surface area contributed by atoms with Crippen molar-refractivity contribution in [3.05, 3.63) is 58.3 Å². The summed E-state index contributed by atoms with van der Waals surface area (Å²) in [7, 11) is 1.50. The van der Waals surface area contributed by atoms with Crippen molar-refractivity contribution in [2.45, 2.75) is 32.6 Å². The van der Waals surface area contributed by atoms with Crippen LogP contribution < -0.4 is 10.9 Å². The first-order valence-electron chi connectivity index (χ1n) is 8.80. The highest BCUT2D eigenvalue weighted by Crippen LogP contribution is 2.22. The van der Waals surface area contributed by atoms with Crippen molar-refractivity contribution in [2.24, 2.45) is 0 Å². The molecule has 1 aliphatic rings. The number of unbranched alkanes of at least 4 members (excludes halogenated alkanes) is 1. The number of carbonyl (C=O) groups is 2. The van der Waals surface area contributed by atoms with Crippen molar-refractivity contribution in [3.63, 3.8) is 0 Å². The van der Waals surface area contributed by atoms with Gasteiger partial charge in [-0.05, 0) is 24.5 Å². The molecule has 3 N–H and O–H groups in total. The van der Waals surface area contributed by atoms with Crippen LogP contribution in [0.1, 0.15) is 31.7 Å². The normalized spacial score (nSPS) is 20.6. The molecule has 0 aliphatic carbocycles. The number of allylic oxidation sites excluding steroid dienone is 1. The predicted octanol–water partition coefficient (Wildman–Crippen LogP) is 2.63. The standard InChI is InChI=1S/C19H22F3N3O3/c1-3-4-5-13-18(27)17(26)12(9-23-24-10-25(2)19(13)28)8-11-6-7-14(20)16(22)15(11)21/h6-7,9,23-24,27H,3-5,8,10H2,1-2H3/b12-9-,18-13-. The third-order valence-corrected chi connectivity index (χ3v) is 4.34. The molecule has 1 aromatic carbocycles. The number of rotatable bonds is 5. The predicted molar refractivity (Wildman–Crippen MR) is 96.2 cm³/mol. The Bertz CT molecular complexity index is 837. The molecule has 0 fully saturated rings. The number of amides is 1. The molecule has 0 saturated heterocycles. The molecule has 0 bridgehead atoms. The molecule has 28 heavy (non-hydrogen) atoms. The van der Waals surface area contributed by atoms with E-state index < -0.39 is 41.3 Å². The van der Waals surface area contributed by atoms with E-state index in [1.54, 1.807) is 0 Å². The fraction of sp³-hybridized carbons (Fsp3) is 0.368. The Balaban J connectivity index is 2.44. The molecule has 0 spiro atoms. The molecule has 1 aromatic rings. The fourth-order valence-corrected chi connectivity index (χ4v) is 2.68. The second kappa shape index (κ2) is 9.41. The van der Waals surface area contributed by atoms with Gasteiger partial charge in [-0.3, -0.25) is 9.59 Å². The van der Waals surface area contributed by atoms with Gasteiger partial charge in [0.2, 0.25) is 5.78 Å². The topological polar surface area (TPSA) is 81.7 Å². The Morgan fingerprint density at radius 1 is 1.18 bits per heavy atom. The van der Waals surface area contributed by atoms with Crippen molar-refractivity contribution < 1.29 is 27.9 Å². The smallest absolute Gasteiger partial charge is 0.254 e. The van der Waals surface area contributed by atoms with Crippen LogP contribution in [-0.2, 0) is 16.0 Å². The molecule has 152 valence electrons. The van der Waals surface area contributed by atoms with Crippen molar-refractivity contribution in [3.8, 4) is 0 Å². The van der Waals surface area contributed by atoms with Gasteiger partial charge in [-0.2, -0.15) is 0 Å². The highest BCUT2D eigenvalue weighted by molar-refractivity contribution is 6.11. The summed E-state index contributed by atoms with van der Waals surface area (Å²) in [6.07, 6.45) is 2.29. The molecule has 1 heterocycles.